The Kier molecular flexibility index (Phi) is 3.37. The van der Waals surface area contributed by atoms with Gasteiger partial charge < -0.3 is 5.73 Å². The Hall–Kier alpha value is -2.57. The molecule has 0 saturated heterocycles. The number of hydrogen-bond donors (Lipinski definition) is 1. The van der Waals surface area contributed by atoms with E-state index in [0.717, 1.165) is 12.4 Å². The van der Waals surface area contributed by atoms with Crippen LogP contribution in [0.4, 0.5) is 8.78 Å². The van der Waals surface area contributed by atoms with Crippen LogP contribution in [0.5, 0.6) is 0 Å². The molecular formula is C12H11F2N5. The van der Waals surface area contributed by atoms with E-state index >= 15 is 0 Å². The minimum absolute atomic E-state index is 0.213. The van der Waals surface area contributed by atoms with Crippen LogP contribution in [0.15, 0.2) is 47.8 Å². The molecule has 7 heteroatoms. The Labute approximate surface area is 107 Å². The van der Waals surface area contributed by atoms with Gasteiger partial charge in [-0.1, -0.05) is 6.58 Å². The second kappa shape index (κ2) is 4.97. The number of halogens is 2. The number of nitrogens with zero attached hydrogens (tertiary/aromatic N) is 4. The molecule has 0 amide bonds. The highest BCUT2D eigenvalue weighted by molar-refractivity contribution is 5.91. The lowest BCUT2D eigenvalue weighted by molar-refractivity contribution is 0.623. The molecular weight excluding hydrogens is 252 g/mol. The van der Waals surface area contributed by atoms with E-state index < -0.39 is 11.6 Å². The van der Waals surface area contributed by atoms with E-state index in [-0.39, 0.29) is 5.70 Å². The molecule has 0 bridgehead atoms. The van der Waals surface area contributed by atoms with Gasteiger partial charge in [0.2, 0.25) is 0 Å². The number of hydrogen-bond acceptors (Lipinski definition) is 4. The highest BCUT2D eigenvalue weighted by atomic mass is 19.1. The van der Waals surface area contributed by atoms with Crippen LogP contribution in [0.3, 0.4) is 0 Å². The molecule has 5 nitrogen and oxygen atoms in total. The molecule has 0 saturated carbocycles. The van der Waals surface area contributed by atoms with E-state index in [1.54, 1.807) is 6.92 Å². The molecule has 98 valence electrons. The summed E-state index contributed by atoms with van der Waals surface area (Å²) in [5.74, 6) is -0.877. The van der Waals surface area contributed by atoms with E-state index in [1.807, 2.05) is 0 Å². The van der Waals surface area contributed by atoms with E-state index in [1.165, 1.54) is 16.9 Å². The van der Waals surface area contributed by atoms with Crippen LogP contribution in [0, 0.1) is 5.82 Å². The average molecular weight is 263 g/mol. The van der Waals surface area contributed by atoms with Gasteiger partial charge in [-0.25, -0.2) is 23.4 Å². The molecule has 0 aliphatic heterocycles. The Bertz CT molecular complexity index is 699. The highest BCUT2D eigenvalue weighted by Gasteiger charge is 2.07. The Morgan fingerprint density at radius 3 is 2.95 bits per heavy atom. The lowest BCUT2D eigenvalue weighted by Gasteiger charge is -2.01. The van der Waals surface area contributed by atoms with Gasteiger partial charge in [0.15, 0.2) is 5.83 Å². The number of nitrogens with two attached hydrogens (primary N) is 1. The van der Waals surface area contributed by atoms with Gasteiger partial charge in [-0.15, -0.1) is 0 Å². The fraction of sp³-hybridized carbons (Fsp3) is 0.0833. The van der Waals surface area contributed by atoms with Crippen molar-refractivity contribution in [2.24, 2.45) is 10.7 Å². The largest absolute Gasteiger partial charge is 0.397 e. The van der Waals surface area contributed by atoms with Crippen molar-refractivity contribution in [2.45, 2.75) is 6.92 Å². The summed E-state index contributed by atoms with van der Waals surface area (Å²) in [6.45, 7) is 4.84. The monoisotopic (exact) mass is 263 g/mol. The van der Waals surface area contributed by atoms with Gasteiger partial charge in [-0.05, 0) is 6.92 Å². The molecule has 0 radical (unpaired) electrons. The average Bonchev–Trinajstić information content (AvgIpc) is 2.78. The predicted molar refractivity (Wildman–Crippen MR) is 68.5 cm³/mol. The first kappa shape index (κ1) is 12.9. The molecule has 2 rings (SSSR count). The van der Waals surface area contributed by atoms with E-state index in [0.29, 0.717) is 16.9 Å². The van der Waals surface area contributed by atoms with Gasteiger partial charge in [0.1, 0.15) is 17.2 Å². The molecule has 2 aromatic heterocycles. The number of rotatable bonds is 2. The third-order valence-corrected chi connectivity index (χ3v) is 2.37. The zero-order valence-electron chi connectivity index (χ0n) is 10.1. The number of allylic oxidation sites excluding steroid dienone is 1. The van der Waals surface area contributed by atoms with Crippen LogP contribution in [0.1, 0.15) is 6.92 Å². The van der Waals surface area contributed by atoms with Gasteiger partial charge in [0.25, 0.3) is 0 Å². The summed E-state index contributed by atoms with van der Waals surface area (Å²) in [4.78, 5) is 7.73. The minimum atomic E-state index is -0.736. The summed E-state index contributed by atoms with van der Waals surface area (Å²) in [5.41, 5.74) is 5.91. The van der Waals surface area contributed by atoms with Crippen molar-refractivity contribution in [3.63, 3.8) is 0 Å². The predicted octanol–water partition coefficient (Wildman–Crippen LogP) is 2.12. The first-order valence-electron chi connectivity index (χ1n) is 5.33. The fourth-order valence-corrected chi connectivity index (χ4v) is 1.43. The van der Waals surface area contributed by atoms with Crippen LogP contribution in [0.25, 0.3) is 11.0 Å². The molecule has 2 heterocycles. The van der Waals surface area contributed by atoms with Crippen molar-refractivity contribution in [1.29, 1.82) is 0 Å². The van der Waals surface area contributed by atoms with Crippen LogP contribution in [-0.2, 0) is 0 Å². The number of aromatic nitrogens is 3. The van der Waals surface area contributed by atoms with Crippen molar-refractivity contribution in [1.82, 2.24) is 14.8 Å². The number of pyridine rings is 1. The third-order valence-electron chi connectivity index (χ3n) is 2.37. The summed E-state index contributed by atoms with van der Waals surface area (Å²) in [6, 6.07) is 1.27. The Balaban J connectivity index is 2.44. The maximum atomic E-state index is 13.1. The van der Waals surface area contributed by atoms with Crippen molar-refractivity contribution in [2.75, 3.05) is 0 Å². The van der Waals surface area contributed by atoms with Crippen LogP contribution >= 0.6 is 0 Å². The van der Waals surface area contributed by atoms with Gasteiger partial charge >= 0.3 is 0 Å². The normalized spacial score (nSPS) is 13.0. The molecule has 0 fully saturated rings. The molecule has 0 aliphatic rings. The van der Waals surface area contributed by atoms with Crippen LogP contribution in [0.2, 0.25) is 0 Å². The summed E-state index contributed by atoms with van der Waals surface area (Å²) < 4.78 is 27.6. The van der Waals surface area contributed by atoms with Crippen molar-refractivity contribution in [3.05, 3.63) is 48.6 Å². The maximum Gasteiger partial charge on any atom is 0.163 e. The van der Waals surface area contributed by atoms with Gasteiger partial charge in [-0.2, -0.15) is 5.10 Å². The summed E-state index contributed by atoms with van der Waals surface area (Å²) in [7, 11) is 0. The van der Waals surface area contributed by atoms with Crippen LogP contribution in [-0.4, -0.2) is 20.6 Å². The quantitative estimate of drug-likeness (QED) is 0.512. The molecule has 0 aromatic carbocycles. The second-order valence-corrected chi connectivity index (χ2v) is 3.79. The number of aliphatic imine (C=N–C) groups is 1. The van der Waals surface area contributed by atoms with Crippen molar-refractivity contribution >= 4 is 16.9 Å². The standard InChI is InChI=1S/C12H11F2N5/c1-7(15)10(14)5-16-8(2)19-12-3-9(13)4-17-11(12)6-18-19/h3-6H,1,15H2,2H3/b10-5+,16-8?. The zero-order valence-corrected chi connectivity index (χ0v) is 10.1. The molecule has 2 N–H and O–H groups in total. The summed E-state index contributed by atoms with van der Waals surface area (Å²) >= 11 is 0. The highest BCUT2D eigenvalue weighted by Crippen LogP contribution is 2.12. The van der Waals surface area contributed by atoms with Crippen molar-refractivity contribution < 1.29 is 8.78 Å². The first-order valence-corrected chi connectivity index (χ1v) is 5.33. The van der Waals surface area contributed by atoms with Gasteiger partial charge in [0, 0.05) is 6.07 Å². The Morgan fingerprint density at radius 2 is 2.26 bits per heavy atom. The van der Waals surface area contributed by atoms with E-state index in [4.69, 9.17) is 5.73 Å². The topological polar surface area (TPSA) is 69.1 Å². The lowest BCUT2D eigenvalue weighted by atomic mass is 10.4. The van der Waals surface area contributed by atoms with Crippen molar-refractivity contribution in [3.8, 4) is 0 Å². The third kappa shape index (κ3) is 2.65. The lowest BCUT2D eigenvalue weighted by Crippen LogP contribution is -2.08. The molecule has 0 unspecified atom stereocenters. The second-order valence-electron chi connectivity index (χ2n) is 3.79. The van der Waals surface area contributed by atoms with Gasteiger partial charge in [0.05, 0.1) is 29.8 Å². The van der Waals surface area contributed by atoms with Crippen LogP contribution < -0.4 is 5.73 Å². The molecule has 0 atom stereocenters. The minimum Gasteiger partial charge on any atom is -0.397 e. The number of fused-ring (bicyclic) bond motifs is 1. The molecule has 0 aliphatic carbocycles. The van der Waals surface area contributed by atoms with E-state index in [2.05, 4.69) is 21.7 Å². The summed E-state index contributed by atoms with van der Waals surface area (Å²) in [5, 5.41) is 4.01. The molecule has 0 spiro atoms. The van der Waals surface area contributed by atoms with E-state index in [9.17, 15) is 8.78 Å². The smallest absolute Gasteiger partial charge is 0.163 e. The zero-order chi connectivity index (χ0) is 14.0. The Morgan fingerprint density at radius 1 is 1.53 bits per heavy atom. The summed E-state index contributed by atoms with van der Waals surface area (Å²) in [6.07, 6.45) is 3.49. The first-order chi connectivity index (χ1) is 8.99. The SMILES string of the molecule is C=C(N)/C(F)=C\N=C(C)n1ncc2ncc(F)cc21. The molecule has 2 aromatic rings. The maximum absolute atomic E-state index is 13.1. The van der Waals surface area contributed by atoms with Gasteiger partial charge in [-0.3, -0.25) is 0 Å². The fourth-order valence-electron chi connectivity index (χ4n) is 1.43. The molecule has 19 heavy (non-hydrogen) atoms.